The summed E-state index contributed by atoms with van der Waals surface area (Å²) in [7, 11) is 0. The first-order valence-corrected chi connectivity index (χ1v) is 11.4. The fourth-order valence-corrected chi connectivity index (χ4v) is 3.73. The SMILES string of the molecule is [C-]#[N+]C=Cc1ccc(N(c2ccc(C=C[N+]#[C-])cc2)c2ccc(CCCCCC)cc2)cc1. The van der Waals surface area contributed by atoms with Crippen LogP contribution < -0.4 is 4.90 Å². The van der Waals surface area contributed by atoms with Crippen molar-refractivity contribution in [3.05, 3.63) is 125 Å². The highest BCUT2D eigenvalue weighted by Gasteiger charge is 2.12. The van der Waals surface area contributed by atoms with Gasteiger partial charge in [0.15, 0.2) is 12.4 Å². The molecule has 0 saturated carbocycles. The van der Waals surface area contributed by atoms with Crippen molar-refractivity contribution in [2.24, 2.45) is 0 Å². The molecule has 0 radical (unpaired) electrons. The second-order valence-electron chi connectivity index (χ2n) is 7.89. The number of hydrogen-bond acceptors (Lipinski definition) is 1. The Labute approximate surface area is 198 Å². The third-order valence-electron chi connectivity index (χ3n) is 5.50. The van der Waals surface area contributed by atoms with Crippen LogP contribution in [0.25, 0.3) is 21.8 Å². The maximum absolute atomic E-state index is 6.94. The van der Waals surface area contributed by atoms with Crippen molar-refractivity contribution in [2.75, 3.05) is 4.90 Å². The molecule has 164 valence electrons. The summed E-state index contributed by atoms with van der Waals surface area (Å²) in [5.74, 6) is 0. The minimum absolute atomic E-state index is 0.997. The van der Waals surface area contributed by atoms with Crippen LogP contribution in [0.1, 0.15) is 49.3 Å². The zero-order valence-electron chi connectivity index (χ0n) is 19.1. The highest BCUT2D eigenvalue weighted by Crippen LogP contribution is 2.35. The summed E-state index contributed by atoms with van der Waals surface area (Å²) >= 11 is 0. The maximum atomic E-state index is 6.94. The Bertz CT molecular complexity index is 1070. The van der Waals surface area contributed by atoms with Crippen LogP contribution in [0.2, 0.25) is 0 Å². The average molecular weight is 432 g/mol. The normalized spacial score (nSPS) is 10.9. The monoisotopic (exact) mass is 431 g/mol. The molecule has 3 aromatic carbocycles. The van der Waals surface area contributed by atoms with E-state index in [1.54, 1.807) is 0 Å². The van der Waals surface area contributed by atoms with Crippen molar-refractivity contribution in [3.8, 4) is 0 Å². The molecule has 33 heavy (non-hydrogen) atoms. The van der Waals surface area contributed by atoms with Crippen LogP contribution in [0.3, 0.4) is 0 Å². The molecule has 0 aromatic heterocycles. The predicted octanol–water partition coefficient (Wildman–Crippen LogP) is 9.06. The standard InChI is InChI=1S/C30H29N3/c1-4-5-6-7-8-25-9-15-28(16-10-25)33(29-17-11-26(12-18-29)21-23-31-2)30-19-13-27(14-20-30)22-24-32-3/h9-24H,4-8H2,1H3. The van der Waals surface area contributed by atoms with Crippen molar-refractivity contribution in [2.45, 2.75) is 39.0 Å². The average Bonchev–Trinajstić information content (AvgIpc) is 2.86. The van der Waals surface area contributed by atoms with Gasteiger partial charge in [-0.15, -0.1) is 0 Å². The highest BCUT2D eigenvalue weighted by atomic mass is 15.1. The van der Waals surface area contributed by atoms with Gasteiger partial charge in [-0.2, -0.15) is 0 Å². The van der Waals surface area contributed by atoms with Crippen molar-refractivity contribution >= 4 is 29.2 Å². The lowest BCUT2D eigenvalue weighted by Gasteiger charge is -2.26. The zero-order valence-corrected chi connectivity index (χ0v) is 19.1. The van der Waals surface area contributed by atoms with Gasteiger partial charge in [-0.05, 0) is 65.9 Å². The summed E-state index contributed by atoms with van der Waals surface area (Å²) in [6, 6.07) is 25.3. The second-order valence-corrected chi connectivity index (χ2v) is 7.89. The lowest BCUT2D eigenvalue weighted by Crippen LogP contribution is -2.10. The molecule has 0 saturated heterocycles. The lowest BCUT2D eigenvalue weighted by atomic mass is 10.0. The molecule has 0 aliphatic carbocycles. The Kier molecular flexibility index (Phi) is 9.07. The van der Waals surface area contributed by atoms with E-state index in [0.717, 1.165) is 34.6 Å². The van der Waals surface area contributed by atoms with Crippen LogP contribution in [-0.2, 0) is 6.42 Å². The molecule has 0 aliphatic rings. The molecule has 3 heteroatoms. The fourth-order valence-electron chi connectivity index (χ4n) is 3.73. The van der Waals surface area contributed by atoms with Gasteiger partial charge in [0.05, 0.1) is 13.1 Å². The molecule has 0 spiro atoms. The smallest absolute Gasteiger partial charge is 0.154 e. The summed E-state index contributed by atoms with van der Waals surface area (Å²) in [4.78, 5) is 8.80. The lowest BCUT2D eigenvalue weighted by molar-refractivity contribution is 0.667. The molecule has 0 aliphatic heterocycles. The minimum Gasteiger partial charge on any atom is -0.311 e. The fraction of sp³-hybridized carbons (Fsp3) is 0.200. The summed E-state index contributed by atoms with van der Waals surface area (Å²) in [5, 5.41) is 0. The Morgan fingerprint density at radius 2 is 1.09 bits per heavy atom. The first-order chi connectivity index (χ1) is 16.2. The molecule has 0 bridgehead atoms. The molecule has 3 nitrogen and oxygen atoms in total. The molecule has 0 amide bonds. The number of hydrogen-bond donors (Lipinski definition) is 0. The van der Waals surface area contributed by atoms with E-state index in [-0.39, 0.29) is 0 Å². The zero-order chi connectivity index (χ0) is 23.3. The number of aryl methyl sites for hydroxylation is 1. The highest BCUT2D eigenvalue weighted by molar-refractivity contribution is 5.77. The number of nitrogens with zero attached hydrogens (tertiary/aromatic N) is 3. The van der Waals surface area contributed by atoms with E-state index in [1.807, 2.05) is 36.4 Å². The van der Waals surface area contributed by atoms with Gasteiger partial charge in [-0.3, -0.25) is 0 Å². The van der Waals surface area contributed by atoms with Crippen molar-refractivity contribution in [3.63, 3.8) is 0 Å². The Morgan fingerprint density at radius 1 is 0.636 bits per heavy atom. The molecular weight excluding hydrogens is 402 g/mol. The largest absolute Gasteiger partial charge is 0.311 e. The van der Waals surface area contributed by atoms with Gasteiger partial charge < -0.3 is 4.90 Å². The van der Waals surface area contributed by atoms with Crippen LogP contribution in [0.15, 0.2) is 85.2 Å². The van der Waals surface area contributed by atoms with Gasteiger partial charge in [0.1, 0.15) is 0 Å². The third-order valence-corrected chi connectivity index (χ3v) is 5.50. The van der Waals surface area contributed by atoms with Gasteiger partial charge in [0.25, 0.3) is 0 Å². The first-order valence-electron chi connectivity index (χ1n) is 11.4. The predicted molar refractivity (Wildman–Crippen MR) is 140 cm³/mol. The van der Waals surface area contributed by atoms with Gasteiger partial charge in [-0.1, -0.05) is 74.7 Å². The topological polar surface area (TPSA) is 12.0 Å². The van der Waals surface area contributed by atoms with Crippen LogP contribution in [0.5, 0.6) is 0 Å². The maximum Gasteiger partial charge on any atom is 0.154 e. The van der Waals surface area contributed by atoms with Gasteiger partial charge in [0.2, 0.25) is 0 Å². The van der Waals surface area contributed by atoms with E-state index < -0.39 is 0 Å². The number of benzene rings is 3. The summed E-state index contributed by atoms with van der Waals surface area (Å²) in [6.45, 7) is 16.1. The Morgan fingerprint density at radius 3 is 1.52 bits per heavy atom. The van der Waals surface area contributed by atoms with Crippen LogP contribution in [0.4, 0.5) is 17.1 Å². The summed E-state index contributed by atoms with van der Waals surface area (Å²) < 4.78 is 0. The van der Waals surface area contributed by atoms with E-state index in [2.05, 4.69) is 70.0 Å². The molecule has 0 N–H and O–H groups in total. The van der Waals surface area contributed by atoms with Crippen molar-refractivity contribution < 1.29 is 0 Å². The van der Waals surface area contributed by atoms with Crippen LogP contribution >= 0.6 is 0 Å². The molecule has 0 unspecified atom stereocenters. The van der Waals surface area contributed by atoms with Gasteiger partial charge in [0, 0.05) is 17.1 Å². The second kappa shape index (κ2) is 12.7. The van der Waals surface area contributed by atoms with E-state index >= 15 is 0 Å². The van der Waals surface area contributed by atoms with E-state index in [0.29, 0.717) is 0 Å². The number of unbranched alkanes of at least 4 members (excludes halogenated alkanes) is 3. The van der Waals surface area contributed by atoms with E-state index in [4.69, 9.17) is 13.1 Å². The molecule has 0 atom stereocenters. The number of rotatable bonds is 10. The van der Waals surface area contributed by atoms with Crippen LogP contribution in [0, 0.1) is 13.1 Å². The Hall–Kier alpha value is -4.08. The van der Waals surface area contributed by atoms with Gasteiger partial charge in [-0.25, -0.2) is 9.69 Å². The van der Waals surface area contributed by atoms with Gasteiger partial charge >= 0.3 is 0 Å². The molecule has 3 aromatic rings. The quantitative estimate of drug-likeness (QED) is 0.230. The number of anilines is 3. The molecular formula is C30H29N3. The third kappa shape index (κ3) is 6.96. The van der Waals surface area contributed by atoms with Crippen molar-refractivity contribution in [1.29, 1.82) is 0 Å². The van der Waals surface area contributed by atoms with Crippen LogP contribution in [-0.4, -0.2) is 0 Å². The van der Waals surface area contributed by atoms with E-state index in [1.165, 1.54) is 43.6 Å². The molecule has 3 rings (SSSR count). The summed E-state index contributed by atoms with van der Waals surface area (Å²) in [6.07, 6.45) is 12.8. The molecule has 0 fully saturated rings. The molecule has 0 heterocycles. The van der Waals surface area contributed by atoms with Crippen molar-refractivity contribution in [1.82, 2.24) is 0 Å². The Balaban J connectivity index is 1.90. The van der Waals surface area contributed by atoms with E-state index in [9.17, 15) is 0 Å². The first kappa shape index (κ1) is 23.6. The minimum atomic E-state index is 0.997. The summed E-state index contributed by atoms with van der Waals surface area (Å²) in [5.41, 5.74) is 6.56.